The second-order valence-electron chi connectivity index (χ2n) is 4.26. The first-order chi connectivity index (χ1) is 6.77. The third kappa shape index (κ3) is 10.8. The van der Waals surface area contributed by atoms with E-state index < -0.39 is 10.1 Å². The zero-order valence-electron chi connectivity index (χ0n) is 9.24. The van der Waals surface area contributed by atoms with Crippen LogP contribution >= 0.6 is 22.9 Å². The van der Waals surface area contributed by atoms with Crippen molar-refractivity contribution < 1.29 is 17.5 Å². The van der Waals surface area contributed by atoms with Gasteiger partial charge in [-0.3, -0.25) is 8.08 Å². The van der Waals surface area contributed by atoms with Crippen LogP contribution in [0.15, 0.2) is 0 Å². The van der Waals surface area contributed by atoms with Crippen molar-refractivity contribution in [3.63, 3.8) is 0 Å². The minimum atomic E-state index is -3.80. The van der Waals surface area contributed by atoms with Gasteiger partial charge in [0.2, 0.25) is 0 Å². The van der Waals surface area contributed by atoms with Crippen molar-refractivity contribution >= 4 is 33.0 Å². The fraction of sp³-hybridized carbons (Fsp3) is 1.00. The molecule has 0 atom stereocenters. The average molecular weight is 351 g/mol. The van der Waals surface area contributed by atoms with Gasteiger partial charge < -0.3 is 4.48 Å². The highest BCUT2D eigenvalue weighted by Gasteiger charge is 2.15. The summed E-state index contributed by atoms with van der Waals surface area (Å²) in [7, 11) is 0.338. The van der Waals surface area contributed by atoms with Crippen LogP contribution in [-0.4, -0.2) is 56.9 Å². The summed E-state index contributed by atoms with van der Waals surface area (Å²) < 4.78 is 33.4. The molecule has 0 bridgehead atoms. The van der Waals surface area contributed by atoms with Gasteiger partial charge in [-0.1, -0.05) is 0 Å². The summed E-state index contributed by atoms with van der Waals surface area (Å²) in [6, 6.07) is 0. The van der Waals surface area contributed by atoms with E-state index in [4.69, 9.17) is 4.55 Å². The smallest absolute Gasteiger partial charge is 0.265 e. The molecule has 0 amide bonds. The normalized spacial score (nSPS) is 13.1. The number of rotatable bonds is 8. The van der Waals surface area contributed by atoms with E-state index in [0.717, 1.165) is 30.5 Å². The highest BCUT2D eigenvalue weighted by molar-refractivity contribution is 14.1. The number of quaternary nitrogens is 1. The fourth-order valence-corrected chi connectivity index (χ4v) is 2.24. The molecule has 2 N–H and O–H groups in total. The Labute approximate surface area is 106 Å². The van der Waals surface area contributed by atoms with Crippen LogP contribution in [0.4, 0.5) is 0 Å². The summed E-state index contributed by atoms with van der Waals surface area (Å²) >= 11 is 2.11. The predicted molar refractivity (Wildman–Crippen MR) is 69.5 cm³/mol. The largest absolute Gasteiger partial charge is 0.328 e. The van der Waals surface area contributed by atoms with Gasteiger partial charge in [0.1, 0.15) is 0 Å². The zero-order valence-corrected chi connectivity index (χ0v) is 12.2. The molecule has 0 saturated heterocycles. The van der Waals surface area contributed by atoms with Crippen LogP contribution in [0.3, 0.4) is 0 Å². The number of hydrogen-bond donors (Lipinski definition) is 2. The second-order valence-corrected chi connectivity index (χ2v) is 6.59. The van der Waals surface area contributed by atoms with Crippen molar-refractivity contribution in [3.8, 4) is 0 Å². The SMILES string of the molecule is C[N+](C)(CCCNI)CCCS(=O)(=O)O. The second kappa shape index (κ2) is 7.00. The fourth-order valence-electron chi connectivity index (χ4n) is 1.36. The third-order valence-electron chi connectivity index (χ3n) is 2.20. The Morgan fingerprint density at radius 2 is 1.80 bits per heavy atom. The number of nitrogens with one attached hydrogen (secondary N) is 1. The van der Waals surface area contributed by atoms with E-state index >= 15 is 0 Å². The minimum absolute atomic E-state index is 0.140. The molecule has 0 aliphatic heterocycles. The van der Waals surface area contributed by atoms with Crippen molar-refractivity contribution in [2.45, 2.75) is 12.8 Å². The van der Waals surface area contributed by atoms with Crippen molar-refractivity contribution in [3.05, 3.63) is 0 Å². The maximum Gasteiger partial charge on any atom is 0.265 e. The van der Waals surface area contributed by atoms with Crippen LogP contribution < -0.4 is 3.53 Å². The lowest BCUT2D eigenvalue weighted by Crippen LogP contribution is -2.42. The van der Waals surface area contributed by atoms with Crippen molar-refractivity contribution in [2.24, 2.45) is 0 Å². The molecule has 0 radical (unpaired) electrons. The van der Waals surface area contributed by atoms with E-state index in [1.807, 2.05) is 0 Å². The molecule has 0 aliphatic rings. The van der Waals surface area contributed by atoms with Gasteiger partial charge >= 0.3 is 0 Å². The first-order valence-corrected chi connectivity index (χ1v) is 7.56. The summed E-state index contributed by atoms with van der Waals surface area (Å²) in [5.74, 6) is -0.140. The van der Waals surface area contributed by atoms with Gasteiger partial charge in [0, 0.05) is 42.3 Å². The molecule has 0 aromatic rings. The van der Waals surface area contributed by atoms with Crippen LogP contribution in [0.25, 0.3) is 0 Å². The molecule has 5 nitrogen and oxygen atoms in total. The summed E-state index contributed by atoms with van der Waals surface area (Å²) in [6.07, 6.45) is 1.56. The molecule has 0 aromatic heterocycles. The van der Waals surface area contributed by atoms with Crippen LogP contribution in [0.5, 0.6) is 0 Å². The monoisotopic (exact) mass is 351 g/mol. The Morgan fingerprint density at radius 3 is 2.27 bits per heavy atom. The maximum atomic E-state index is 10.5. The number of hydrogen-bond acceptors (Lipinski definition) is 3. The third-order valence-corrected chi connectivity index (χ3v) is 3.54. The minimum Gasteiger partial charge on any atom is -0.328 e. The summed E-state index contributed by atoms with van der Waals surface area (Å²) in [5.41, 5.74) is 0. The van der Waals surface area contributed by atoms with Crippen molar-refractivity contribution in [2.75, 3.05) is 39.5 Å². The molecule has 0 aliphatic carbocycles. The Bertz CT molecular complexity index is 267. The average Bonchev–Trinajstić information content (AvgIpc) is 2.01. The van der Waals surface area contributed by atoms with E-state index in [0.29, 0.717) is 6.42 Å². The quantitative estimate of drug-likeness (QED) is 0.222. The van der Waals surface area contributed by atoms with Gasteiger partial charge in [0.05, 0.1) is 32.9 Å². The molecule has 0 heterocycles. The molecular weight excluding hydrogens is 331 g/mol. The van der Waals surface area contributed by atoms with Gasteiger partial charge in [-0.25, -0.2) is 0 Å². The van der Waals surface area contributed by atoms with Crippen molar-refractivity contribution in [1.29, 1.82) is 0 Å². The Hall–Kier alpha value is 0.560. The van der Waals surface area contributed by atoms with Gasteiger partial charge in [-0.15, -0.1) is 0 Å². The summed E-state index contributed by atoms with van der Waals surface area (Å²) in [6.45, 7) is 2.73. The molecule has 0 spiro atoms. The standard InChI is InChI=1S/C8H19IN2O3S/c1-11(2,6-3-5-10-9)7-4-8-15(12,13)14/h10H,3-8H2,1-2H3/p+1. The van der Waals surface area contributed by atoms with Gasteiger partial charge in [-0.05, 0) is 0 Å². The maximum absolute atomic E-state index is 10.5. The predicted octanol–water partition coefficient (Wildman–Crippen LogP) is 0.670. The number of halogens is 1. The molecular formula is C8H20IN2O3S+. The first-order valence-electron chi connectivity index (χ1n) is 4.87. The molecule has 0 rings (SSSR count). The zero-order chi connectivity index (χ0) is 11.9. The number of nitrogens with zero attached hydrogens (tertiary/aromatic N) is 1. The molecule has 0 saturated carbocycles. The van der Waals surface area contributed by atoms with Gasteiger partial charge in [0.15, 0.2) is 0 Å². The highest BCUT2D eigenvalue weighted by atomic mass is 127. The highest BCUT2D eigenvalue weighted by Crippen LogP contribution is 2.02. The van der Waals surface area contributed by atoms with Crippen molar-refractivity contribution in [1.82, 2.24) is 3.53 Å². The summed E-state index contributed by atoms with van der Waals surface area (Å²) in [4.78, 5) is 0. The van der Waals surface area contributed by atoms with Crippen LogP contribution in [-0.2, 0) is 10.1 Å². The van der Waals surface area contributed by atoms with Gasteiger partial charge in [0.25, 0.3) is 10.1 Å². The molecule has 0 aromatic carbocycles. The van der Waals surface area contributed by atoms with E-state index in [1.54, 1.807) is 0 Å². The Morgan fingerprint density at radius 1 is 1.27 bits per heavy atom. The van der Waals surface area contributed by atoms with Crippen LogP contribution in [0.2, 0.25) is 0 Å². The van der Waals surface area contributed by atoms with E-state index in [2.05, 4.69) is 40.5 Å². The van der Waals surface area contributed by atoms with E-state index in [1.165, 1.54) is 0 Å². The van der Waals surface area contributed by atoms with Crippen LogP contribution in [0.1, 0.15) is 12.8 Å². The Kier molecular flexibility index (Phi) is 7.26. The summed E-state index contributed by atoms with van der Waals surface area (Å²) in [5, 5.41) is 0. The first kappa shape index (κ1) is 15.6. The van der Waals surface area contributed by atoms with Gasteiger partial charge in [-0.2, -0.15) is 8.42 Å². The molecule has 0 fully saturated rings. The topological polar surface area (TPSA) is 66.4 Å². The molecule has 92 valence electrons. The molecule has 15 heavy (non-hydrogen) atoms. The Balaban J connectivity index is 3.73. The van der Waals surface area contributed by atoms with E-state index in [-0.39, 0.29) is 5.75 Å². The lowest BCUT2D eigenvalue weighted by Gasteiger charge is -2.29. The van der Waals surface area contributed by atoms with E-state index in [9.17, 15) is 8.42 Å². The molecule has 0 unspecified atom stereocenters. The molecule has 7 heteroatoms. The lowest BCUT2D eigenvalue weighted by atomic mass is 10.3. The van der Waals surface area contributed by atoms with Crippen LogP contribution in [0, 0.1) is 0 Å². The lowest BCUT2D eigenvalue weighted by molar-refractivity contribution is -0.890.